The molecule has 0 saturated heterocycles. The van der Waals surface area contributed by atoms with Crippen molar-refractivity contribution in [3.63, 3.8) is 0 Å². The molecule has 6 rings (SSSR count). The Kier molecular flexibility index (Phi) is 6.72. The van der Waals surface area contributed by atoms with Gasteiger partial charge in [-0.15, -0.1) is 0 Å². The molecule has 3 aliphatic rings. The highest BCUT2D eigenvalue weighted by Gasteiger charge is 2.49. The fourth-order valence-corrected chi connectivity index (χ4v) is 5.93. The molecule has 1 fully saturated rings. The molecule has 1 saturated carbocycles. The first-order valence-electron chi connectivity index (χ1n) is 13.4. The Balaban J connectivity index is 1.54. The summed E-state index contributed by atoms with van der Waals surface area (Å²) in [4.78, 5) is 17.1. The number of alkyl halides is 4. The third-order valence-corrected chi connectivity index (χ3v) is 8.32. The molecule has 43 heavy (non-hydrogen) atoms. The molecule has 5 nitrogen and oxygen atoms in total. The maximum Gasteiger partial charge on any atom is 0.416 e. The van der Waals surface area contributed by atoms with Crippen molar-refractivity contribution < 1.29 is 31.1 Å². The van der Waals surface area contributed by atoms with E-state index in [1.54, 1.807) is 15.9 Å². The predicted octanol–water partition coefficient (Wildman–Crippen LogP) is 8.17. The number of carbonyl (C=O) groups is 1. The fourth-order valence-electron chi connectivity index (χ4n) is 5.70. The summed E-state index contributed by atoms with van der Waals surface area (Å²) >= 11 is 6.44. The van der Waals surface area contributed by atoms with Crippen molar-refractivity contribution >= 4 is 40.3 Å². The van der Waals surface area contributed by atoms with Gasteiger partial charge in [0.15, 0.2) is 0 Å². The van der Waals surface area contributed by atoms with Crippen molar-refractivity contribution in [2.24, 2.45) is 0 Å². The number of benzene rings is 3. The molecular weight excluding hydrogens is 594 g/mol. The highest BCUT2D eigenvalue weighted by Crippen LogP contribution is 2.54. The number of fused-ring (bicyclic) bond motifs is 3. The Hall–Kier alpha value is -4.12. The van der Waals surface area contributed by atoms with Crippen molar-refractivity contribution in [3.05, 3.63) is 106 Å². The summed E-state index contributed by atoms with van der Waals surface area (Å²) in [6.07, 6.45) is -4.07. The van der Waals surface area contributed by atoms with E-state index >= 15 is 4.39 Å². The van der Waals surface area contributed by atoms with Gasteiger partial charge in [-0.2, -0.15) is 13.2 Å². The normalized spacial score (nSPS) is 18.5. The van der Waals surface area contributed by atoms with E-state index in [4.69, 9.17) is 11.6 Å². The minimum Gasteiger partial charge on any atom is -0.355 e. The second-order valence-corrected chi connectivity index (χ2v) is 11.3. The van der Waals surface area contributed by atoms with Crippen LogP contribution in [-0.4, -0.2) is 24.7 Å². The van der Waals surface area contributed by atoms with E-state index in [0.717, 1.165) is 12.1 Å². The van der Waals surface area contributed by atoms with Crippen LogP contribution < -0.4 is 20.4 Å². The lowest BCUT2D eigenvalue weighted by Gasteiger charge is -2.25. The monoisotopic (exact) mass is 618 g/mol. The zero-order valence-corrected chi connectivity index (χ0v) is 23.6. The van der Waals surface area contributed by atoms with E-state index in [-0.39, 0.29) is 39.6 Å². The molecule has 0 aromatic heterocycles. The molecule has 1 unspecified atom stereocenters. The van der Waals surface area contributed by atoms with Crippen LogP contribution in [0.3, 0.4) is 0 Å². The number of hydrogen-bond acceptors (Lipinski definition) is 4. The van der Waals surface area contributed by atoms with Gasteiger partial charge >= 0.3 is 6.18 Å². The highest BCUT2D eigenvalue weighted by atomic mass is 35.5. The van der Waals surface area contributed by atoms with Crippen LogP contribution in [-0.2, 0) is 6.18 Å². The lowest BCUT2D eigenvalue weighted by molar-refractivity contribution is -0.137. The van der Waals surface area contributed by atoms with Crippen LogP contribution in [0.15, 0.2) is 61.4 Å². The molecule has 0 bridgehead atoms. The van der Waals surface area contributed by atoms with Gasteiger partial charge in [-0.3, -0.25) is 4.79 Å². The first-order chi connectivity index (χ1) is 20.2. The zero-order chi connectivity index (χ0) is 31.0. The van der Waals surface area contributed by atoms with Crippen LogP contribution in [0.2, 0.25) is 5.02 Å². The molecule has 224 valence electrons. The molecule has 1 amide bonds. The van der Waals surface area contributed by atoms with Gasteiger partial charge in [-0.1, -0.05) is 24.8 Å². The lowest BCUT2D eigenvalue weighted by atomic mass is 9.93. The van der Waals surface area contributed by atoms with Gasteiger partial charge in [0.05, 0.1) is 35.1 Å². The molecule has 3 aromatic rings. The summed E-state index contributed by atoms with van der Waals surface area (Å²) in [6, 6.07) is 6.37. The molecule has 1 atom stereocenters. The molecule has 2 N–H and O–H groups in total. The fraction of sp³-hybridized carbons (Fsp3) is 0.258. The second kappa shape index (κ2) is 9.97. The summed E-state index contributed by atoms with van der Waals surface area (Å²) in [7, 11) is 0. The van der Waals surface area contributed by atoms with Gasteiger partial charge in [-0.05, 0) is 62.2 Å². The molecule has 12 heteroatoms. The SMILES string of the molecule is C=C(Nc1cc2c(c3c1C(c1cc(F)ccc1Cl)NC3=O)N(CC)C(=C)N2CC1(F)CC1)c1cc(F)cc(C(F)(F)F)c1. The van der Waals surface area contributed by atoms with Crippen molar-refractivity contribution in [1.29, 1.82) is 0 Å². The largest absolute Gasteiger partial charge is 0.416 e. The van der Waals surface area contributed by atoms with Gasteiger partial charge < -0.3 is 20.4 Å². The van der Waals surface area contributed by atoms with Crippen molar-refractivity contribution in [3.8, 4) is 0 Å². The van der Waals surface area contributed by atoms with Gasteiger partial charge in [0.2, 0.25) is 0 Å². The van der Waals surface area contributed by atoms with E-state index in [1.807, 2.05) is 6.92 Å². The van der Waals surface area contributed by atoms with Crippen LogP contribution in [0, 0.1) is 11.6 Å². The maximum absolute atomic E-state index is 15.1. The Labute approximate surface area is 248 Å². The van der Waals surface area contributed by atoms with Crippen molar-refractivity contribution in [2.45, 2.75) is 37.7 Å². The Morgan fingerprint density at radius 3 is 2.49 bits per heavy atom. The Morgan fingerprint density at radius 1 is 1.12 bits per heavy atom. The quantitative estimate of drug-likeness (QED) is 0.262. The molecule has 2 aliphatic heterocycles. The summed E-state index contributed by atoms with van der Waals surface area (Å²) < 4.78 is 84.1. The molecule has 0 spiro atoms. The smallest absolute Gasteiger partial charge is 0.355 e. The van der Waals surface area contributed by atoms with Crippen LogP contribution in [0.5, 0.6) is 0 Å². The zero-order valence-electron chi connectivity index (χ0n) is 22.8. The van der Waals surface area contributed by atoms with Crippen LogP contribution in [0.25, 0.3) is 5.70 Å². The van der Waals surface area contributed by atoms with Crippen molar-refractivity contribution in [2.75, 3.05) is 28.2 Å². The van der Waals surface area contributed by atoms with Crippen LogP contribution in [0.4, 0.5) is 43.4 Å². The number of amides is 1. The number of hydrogen-bond donors (Lipinski definition) is 2. The summed E-state index contributed by atoms with van der Waals surface area (Å²) in [5.74, 6) is -1.80. The van der Waals surface area contributed by atoms with E-state index in [9.17, 15) is 26.7 Å². The van der Waals surface area contributed by atoms with Gasteiger partial charge in [0.25, 0.3) is 5.91 Å². The molecule has 0 radical (unpaired) electrons. The third-order valence-electron chi connectivity index (χ3n) is 7.97. The first kappa shape index (κ1) is 29.0. The topological polar surface area (TPSA) is 47.6 Å². The van der Waals surface area contributed by atoms with E-state index < -0.39 is 41.0 Å². The highest BCUT2D eigenvalue weighted by molar-refractivity contribution is 6.31. The molecule has 3 aromatic carbocycles. The standard InChI is InChI=1S/C31H25ClF6N4O/c1-4-41-16(3)42(14-30(35)7-8-30)24-13-23(39-15(2)17-9-18(31(36,37)38)11-20(34)10-17)25-26(28(24)41)29(43)40-27(25)21-12-19(33)5-6-22(21)32/h5-6,9-13,27,39H,2-4,7-8,14H2,1H3,(H,40,43). The number of anilines is 3. The Bertz CT molecular complexity index is 1720. The number of halogens is 7. The summed E-state index contributed by atoms with van der Waals surface area (Å²) in [5, 5.41) is 5.97. The van der Waals surface area contributed by atoms with E-state index in [1.165, 1.54) is 18.2 Å². The number of nitrogens with one attached hydrogen (secondary N) is 2. The lowest BCUT2D eigenvalue weighted by Crippen LogP contribution is -2.33. The van der Waals surface area contributed by atoms with Crippen LogP contribution in [0.1, 0.15) is 58.4 Å². The van der Waals surface area contributed by atoms with Crippen molar-refractivity contribution in [1.82, 2.24) is 5.32 Å². The number of nitrogens with zero attached hydrogens (tertiary/aromatic N) is 2. The number of carbonyl (C=O) groups excluding carboxylic acids is 1. The van der Waals surface area contributed by atoms with E-state index in [2.05, 4.69) is 23.8 Å². The summed E-state index contributed by atoms with van der Waals surface area (Å²) in [6.45, 7) is 10.2. The Morgan fingerprint density at radius 2 is 1.84 bits per heavy atom. The minimum absolute atomic E-state index is 0.0197. The summed E-state index contributed by atoms with van der Waals surface area (Å²) in [5.41, 5.74) is -1.07. The van der Waals surface area contributed by atoms with Gasteiger partial charge in [-0.25, -0.2) is 13.2 Å². The van der Waals surface area contributed by atoms with Crippen LogP contribution >= 0.6 is 11.6 Å². The van der Waals surface area contributed by atoms with Gasteiger partial charge in [0.1, 0.15) is 23.1 Å². The molecular formula is C31H25ClF6N4O. The predicted molar refractivity (Wildman–Crippen MR) is 154 cm³/mol. The average Bonchev–Trinajstić information content (AvgIpc) is 3.48. The second-order valence-electron chi connectivity index (χ2n) is 10.9. The third kappa shape index (κ3) is 4.99. The minimum atomic E-state index is -4.81. The first-order valence-corrected chi connectivity index (χ1v) is 13.8. The maximum atomic E-state index is 15.1. The average molecular weight is 619 g/mol. The molecule has 1 aliphatic carbocycles. The molecule has 2 heterocycles. The van der Waals surface area contributed by atoms with E-state index in [0.29, 0.717) is 48.2 Å². The number of rotatable bonds is 7. The van der Waals surface area contributed by atoms with Gasteiger partial charge in [0, 0.05) is 39.6 Å².